The third-order valence-corrected chi connectivity index (χ3v) is 4.87. The Morgan fingerprint density at radius 1 is 1.38 bits per heavy atom. The van der Waals surface area contributed by atoms with Crippen LogP contribution in [0.2, 0.25) is 0 Å². The molecule has 1 aromatic carbocycles. The van der Waals surface area contributed by atoms with Gasteiger partial charge in [-0.2, -0.15) is 0 Å². The summed E-state index contributed by atoms with van der Waals surface area (Å²) >= 11 is 3.42. The number of benzene rings is 1. The average Bonchev–Trinajstić information content (AvgIpc) is 2.95. The summed E-state index contributed by atoms with van der Waals surface area (Å²) in [6.45, 7) is 9.79. The molecule has 1 aliphatic rings. The molecule has 0 aromatic heterocycles. The van der Waals surface area contributed by atoms with E-state index in [1.54, 1.807) is 0 Å². The van der Waals surface area contributed by atoms with Gasteiger partial charge in [0.1, 0.15) is 0 Å². The van der Waals surface area contributed by atoms with E-state index in [-0.39, 0.29) is 5.78 Å². The van der Waals surface area contributed by atoms with Crippen LogP contribution in [-0.2, 0) is 0 Å². The minimum absolute atomic E-state index is 0.239. The van der Waals surface area contributed by atoms with Crippen molar-refractivity contribution in [2.75, 3.05) is 32.7 Å². The number of nitrogens with zero attached hydrogens (tertiary/aromatic N) is 2. The van der Waals surface area contributed by atoms with Gasteiger partial charge in [0.15, 0.2) is 5.78 Å². The van der Waals surface area contributed by atoms with Crippen molar-refractivity contribution in [3.8, 4) is 0 Å². The van der Waals surface area contributed by atoms with Crippen LogP contribution in [0.4, 0.5) is 0 Å². The van der Waals surface area contributed by atoms with Gasteiger partial charge in [0, 0.05) is 35.6 Å². The molecule has 1 heterocycles. The number of ketones is 1. The first-order valence-electron chi connectivity index (χ1n) is 7.89. The van der Waals surface area contributed by atoms with E-state index in [0.29, 0.717) is 12.5 Å². The maximum Gasteiger partial charge on any atom is 0.164 e. The molecule has 116 valence electrons. The Kier molecular flexibility index (Phi) is 6.40. The highest BCUT2D eigenvalue weighted by molar-refractivity contribution is 9.10. The Morgan fingerprint density at radius 3 is 2.81 bits per heavy atom. The molecule has 2 rings (SSSR count). The zero-order valence-corrected chi connectivity index (χ0v) is 14.6. The molecule has 0 amide bonds. The molecule has 0 radical (unpaired) electrons. The third-order valence-electron chi connectivity index (χ3n) is 4.38. The highest BCUT2D eigenvalue weighted by atomic mass is 79.9. The van der Waals surface area contributed by atoms with Gasteiger partial charge in [-0.25, -0.2) is 0 Å². The Morgan fingerprint density at radius 2 is 2.14 bits per heavy atom. The van der Waals surface area contributed by atoms with Gasteiger partial charge in [0.25, 0.3) is 0 Å². The van der Waals surface area contributed by atoms with Gasteiger partial charge in [-0.1, -0.05) is 41.9 Å². The summed E-state index contributed by atoms with van der Waals surface area (Å²) in [6, 6.07) is 8.34. The van der Waals surface area contributed by atoms with Crippen LogP contribution in [0, 0.1) is 0 Å². The molecule has 1 aromatic rings. The lowest BCUT2D eigenvalue weighted by atomic mass is 10.1. The lowest BCUT2D eigenvalue weighted by molar-refractivity contribution is 0.0966. The summed E-state index contributed by atoms with van der Waals surface area (Å²) in [5, 5.41) is 0. The average molecular weight is 353 g/mol. The molecule has 0 saturated carbocycles. The summed E-state index contributed by atoms with van der Waals surface area (Å²) in [5.41, 5.74) is 0.809. The second kappa shape index (κ2) is 8.06. The molecule has 0 bridgehead atoms. The summed E-state index contributed by atoms with van der Waals surface area (Å²) in [6.07, 6.45) is 1.84. The second-order valence-corrected chi connectivity index (χ2v) is 6.56. The lowest BCUT2D eigenvalue weighted by Crippen LogP contribution is -2.37. The van der Waals surface area contributed by atoms with E-state index < -0.39 is 0 Å². The maximum absolute atomic E-state index is 12.2. The van der Waals surface area contributed by atoms with E-state index in [2.05, 4.69) is 39.6 Å². The number of hydrogen-bond donors (Lipinski definition) is 0. The van der Waals surface area contributed by atoms with Crippen LogP contribution < -0.4 is 0 Å². The molecule has 1 saturated heterocycles. The summed E-state index contributed by atoms with van der Waals surface area (Å²) in [5.74, 6) is 0.239. The zero-order chi connectivity index (χ0) is 15.2. The predicted octanol–water partition coefficient (Wildman–Crippen LogP) is 3.44. The first-order valence-corrected chi connectivity index (χ1v) is 8.68. The van der Waals surface area contributed by atoms with E-state index in [1.807, 2.05) is 24.3 Å². The summed E-state index contributed by atoms with van der Waals surface area (Å²) in [4.78, 5) is 17.2. The van der Waals surface area contributed by atoms with Crippen molar-refractivity contribution < 1.29 is 4.79 Å². The third kappa shape index (κ3) is 4.63. The number of hydrogen-bond acceptors (Lipinski definition) is 3. The van der Waals surface area contributed by atoms with Crippen LogP contribution in [-0.4, -0.2) is 54.3 Å². The maximum atomic E-state index is 12.2. The summed E-state index contributed by atoms with van der Waals surface area (Å²) < 4.78 is 0.969. The van der Waals surface area contributed by atoms with E-state index in [1.165, 1.54) is 6.42 Å². The van der Waals surface area contributed by atoms with Crippen LogP contribution in [0.1, 0.15) is 37.0 Å². The predicted molar refractivity (Wildman–Crippen MR) is 90.9 cm³/mol. The van der Waals surface area contributed by atoms with Crippen LogP contribution in [0.15, 0.2) is 28.7 Å². The fraction of sp³-hybridized carbons (Fsp3) is 0.588. The first kappa shape index (κ1) is 16.7. The van der Waals surface area contributed by atoms with Gasteiger partial charge in [-0.05, 0) is 38.2 Å². The van der Waals surface area contributed by atoms with Crippen molar-refractivity contribution in [2.24, 2.45) is 0 Å². The van der Waals surface area contributed by atoms with E-state index >= 15 is 0 Å². The number of rotatable bonds is 7. The quantitative estimate of drug-likeness (QED) is 0.702. The summed E-state index contributed by atoms with van der Waals surface area (Å²) in [7, 11) is 0. The van der Waals surface area contributed by atoms with Crippen LogP contribution >= 0.6 is 15.9 Å². The van der Waals surface area contributed by atoms with E-state index in [0.717, 1.165) is 42.8 Å². The van der Waals surface area contributed by atoms with Crippen LogP contribution in [0.3, 0.4) is 0 Å². The number of carbonyl (C=O) groups excluding carboxylic acids is 1. The number of likely N-dealkylation sites (tertiary alicyclic amines) is 1. The monoisotopic (exact) mass is 352 g/mol. The van der Waals surface area contributed by atoms with Crippen LogP contribution in [0.25, 0.3) is 0 Å². The largest absolute Gasteiger partial charge is 0.301 e. The minimum Gasteiger partial charge on any atom is -0.301 e. The number of carbonyl (C=O) groups is 1. The highest BCUT2D eigenvalue weighted by Crippen LogP contribution is 2.17. The molecule has 0 spiro atoms. The molecule has 0 aliphatic carbocycles. The molecule has 3 nitrogen and oxygen atoms in total. The van der Waals surface area contributed by atoms with Gasteiger partial charge < -0.3 is 4.90 Å². The Hall–Kier alpha value is -0.710. The smallest absolute Gasteiger partial charge is 0.164 e. The molecular formula is C17H25BrN2O. The standard InChI is InChI=1S/C17H25BrN2O/c1-3-20(4-2)16-8-10-19(13-16)11-9-17(21)14-6-5-7-15(18)12-14/h5-7,12,16H,3-4,8-11,13H2,1-2H3. The normalized spacial score (nSPS) is 19.3. The lowest BCUT2D eigenvalue weighted by Gasteiger charge is -2.26. The molecular weight excluding hydrogens is 328 g/mol. The van der Waals surface area contributed by atoms with Gasteiger partial charge >= 0.3 is 0 Å². The number of Topliss-reactive ketones (excluding diaryl/α,β-unsaturated/α-hetero) is 1. The van der Waals surface area contributed by atoms with Crippen molar-refractivity contribution in [2.45, 2.75) is 32.7 Å². The fourth-order valence-corrected chi connectivity index (χ4v) is 3.52. The van der Waals surface area contributed by atoms with Gasteiger partial charge in [0.05, 0.1) is 0 Å². The van der Waals surface area contributed by atoms with Crippen molar-refractivity contribution in [1.82, 2.24) is 9.80 Å². The minimum atomic E-state index is 0.239. The molecule has 4 heteroatoms. The highest BCUT2D eigenvalue weighted by Gasteiger charge is 2.26. The number of halogens is 1. The molecule has 1 unspecified atom stereocenters. The molecule has 1 aliphatic heterocycles. The molecule has 1 atom stereocenters. The fourth-order valence-electron chi connectivity index (χ4n) is 3.12. The molecule has 1 fully saturated rings. The molecule has 21 heavy (non-hydrogen) atoms. The second-order valence-electron chi connectivity index (χ2n) is 5.65. The Balaban J connectivity index is 1.80. The van der Waals surface area contributed by atoms with Gasteiger partial charge in [0.2, 0.25) is 0 Å². The number of likely N-dealkylation sites (N-methyl/N-ethyl adjacent to an activating group) is 1. The van der Waals surface area contributed by atoms with Crippen LogP contribution in [0.5, 0.6) is 0 Å². The van der Waals surface area contributed by atoms with E-state index in [9.17, 15) is 4.79 Å². The van der Waals surface area contributed by atoms with Crippen molar-refractivity contribution in [3.05, 3.63) is 34.3 Å². The SMILES string of the molecule is CCN(CC)C1CCN(CCC(=O)c2cccc(Br)c2)C1. The van der Waals surface area contributed by atoms with Gasteiger partial charge in [-0.3, -0.25) is 9.69 Å². The van der Waals surface area contributed by atoms with Gasteiger partial charge in [-0.15, -0.1) is 0 Å². The Bertz CT molecular complexity index is 474. The van der Waals surface area contributed by atoms with Crippen molar-refractivity contribution in [3.63, 3.8) is 0 Å². The first-order chi connectivity index (χ1) is 10.1. The Labute approximate surface area is 136 Å². The topological polar surface area (TPSA) is 23.6 Å². The van der Waals surface area contributed by atoms with Crippen molar-refractivity contribution in [1.29, 1.82) is 0 Å². The molecule has 0 N–H and O–H groups in total. The zero-order valence-electron chi connectivity index (χ0n) is 13.0. The van der Waals surface area contributed by atoms with E-state index in [4.69, 9.17) is 0 Å². The van der Waals surface area contributed by atoms with Crippen molar-refractivity contribution >= 4 is 21.7 Å².